The maximum Gasteiger partial charge on any atom is 0.411 e. The molecule has 0 aliphatic heterocycles. The van der Waals surface area contributed by atoms with Crippen LogP contribution >= 0.6 is 0 Å². The summed E-state index contributed by atoms with van der Waals surface area (Å²) in [6.45, 7) is 5.34. The number of rotatable bonds is 19. The Hall–Kier alpha value is -2.16. The Kier molecular flexibility index (Phi) is 16.3. The Morgan fingerprint density at radius 3 is 1.22 bits per heavy atom. The molecule has 0 amide bonds. The molecule has 2 atom stereocenters. The van der Waals surface area contributed by atoms with Gasteiger partial charge in [0.05, 0.1) is 26.4 Å². The number of alkyl halides is 6. The molecule has 0 aromatic heterocycles. The van der Waals surface area contributed by atoms with Crippen LogP contribution in [0.2, 0.25) is 0 Å². The summed E-state index contributed by atoms with van der Waals surface area (Å²) >= 11 is 0. The molecular weight excluding hydrogens is 506 g/mol. The zero-order valence-corrected chi connectivity index (χ0v) is 20.2. The number of halogens is 6. The zero-order chi connectivity index (χ0) is 27.8. The summed E-state index contributed by atoms with van der Waals surface area (Å²) in [6, 6.07) is 0. The first kappa shape index (κ1) is 33.8. The second kappa shape index (κ2) is 17.3. The van der Waals surface area contributed by atoms with Gasteiger partial charge >= 0.3 is 24.3 Å². The lowest BCUT2D eigenvalue weighted by atomic mass is 10.3. The predicted molar refractivity (Wildman–Crippen MR) is 114 cm³/mol. The van der Waals surface area contributed by atoms with Gasteiger partial charge in [-0.25, -0.2) is 9.59 Å². The van der Waals surface area contributed by atoms with Crippen LogP contribution < -0.4 is 0 Å². The van der Waals surface area contributed by atoms with E-state index in [1.165, 1.54) is 13.8 Å². The first-order chi connectivity index (χ1) is 16.6. The minimum absolute atomic E-state index is 0.0593. The van der Waals surface area contributed by atoms with Gasteiger partial charge < -0.3 is 28.4 Å². The van der Waals surface area contributed by atoms with Crippen molar-refractivity contribution in [2.24, 2.45) is 0 Å². The Morgan fingerprint density at radius 2 is 0.944 bits per heavy atom. The molecule has 0 N–H and O–H groups in total. The smallest absolute Gasteiger partial charge is 0.411 e. The van der Waals surface area contributed by atoms with Gasteiger partial charge in [-0.05, 0) is 26.7 Å². The van der Waals surface area contributed by atoms with Crippen LogP contribution in [0.15, 0.2) is 24.3 Å². The molecule has 14 heteroatoms. The standard InChI is InChI=1S/C22H32F6O8/c1-15(2)19(29)35-17(11-33-13-21(23,24)25)9-31-7-5-6-8-32-10-18(36-20(30)16(3)4)12-34-14-22(26,27)28/h17-18H,1,3,5-14H2,2,4H3. The van der Waals surface area contributed by atoms with E-state index in [0.29, 0.717) is 12.8 Å². The molecule has 8 nitrogen and oxygen atoms in total. The Balaban J connectivity index is 4.32. The van der Waals surface area contributed by atoms with E-state index >= 15 is 0 Å². The summed E-state index contributed by atoms with van der Waals surface area (Å²) in [7, 11) is 0. The third-order valence-electron chi connectivity index (χ3n) is 3.82. The summed E-state index contributed by atoms with van der Waals surface area (Å²) in [4.78, 5) is 23.2. The lowest BCUT2D eigenvalue weighted by Crippen LogP contribution is -2.31. The predicted octanol–water partition coefficient (Wildman–Crippen LogP) is 3.93. The molecule has 0 saturated carbocycles. The van der Waals surface area contributed by atoms with Crippen molar-refractivity contribution in [3.63, 3.8) is 0 Å². The van der Waals surface area contributed by atoms with Crippen LogP contribution in [0.1, 0.15) is 26.7 Å². The fourth-order valence-corrected chi connectivity index (χ4v) is 2.19. The van der Waals surface area contributed by atoms with Crippen molar-refractivity contribution in [1.82, 2.24) is 0 Å². The van der Waals surface area contributed by atoms with Crippen molar-refractivity contribution in [2.75, 3.05) is 52.9 Å². The molecule has 36 heavy (non-hydrogen) atoms. The quantitative estimate of drug-likeness (QED) is 0.106. The second-order valence-electron chi connectivity index (χ2n) is 7.73. The molecule has 0 bridgehead atoms. The highest BCUT2D eigenvalue weighted by atomic mass is 19.4. The van der Waals surface area contributed by atoms with Crippen LogP contribution in [0, 0.1) is 0 Å². The molecule has 0 heterocycles. The van der Waals surface area contributed by atoms with E-state index in [1.807, 2.05) is 0 Å². The maximum absolute atomic E-state index is 12.2. The zero-order valence-electron chi connectivity index (χ0n) is 20.2. The van der Waals surface area contributed by atoms with Gasteiger partial charge in [-0.3, -0.25) is 0 Å². The summed E-state index contributed by atoms with van der Waals surface area (Å²) in [5.74, 6) is -1.59. The van der Waals surface area contributed by atoms with Crippen LogP contribution in [0.25, 0.3) is 0 Å². The Morgan fingerprint density at radius 1 is 0.639 bits per heavy atom. The lowest BCUT2D eigenvalue weighted by Gasteiger charge is -2.19. The molecule has 0 aromatic rings. The van der Waals surface area contributed by atoms with Crippen molar-refractivity contribution in [1.29, 1.82) is 0 Å². The minimum atomic E-state index is -4.53. The van der Waals surface area contributed by atoms with Crippen LogP contribution in [-0.2, 0) is 38.0 Å². The second-order valence-corrected chi connectivity index (χ2v) is 7.73. The van der Waals surface area contributed by atoms with Gasteiger partial charge in [0.1, 0.15) is 25.4 Å². The van der Waals surface area contributed by atoms with Crippen LogP contribution in [0.5, 0.6) is 0 Å². The van der Waals surface area contributed by atoms with Crippen LogP contribution in [0.3, 0.4) is 0 Å². The fourth-order valence-electron chi connectivity index (χ4n) is 2.19. The lowest BCUT2D eigenvalue weighted by molar-refractivity contribution is -0.186. The van der Waals surface area contributed by atoms with Gasteiger partial charge in [0.25, 0.3) is 0 Å². The number of hydrogen-bond donors (Lipinski definition) is 0. The summed E-state index contributed by atoms with van der Waals surface area (Å²) < 4.78 is 103. The topological polar surface area (TPSA) is 89.5 Å². The van der Waals surface area contributed by atoms with Crippen LogP contribution in [-0.4, -0.2) is 89.4 Å². The molecule has 2 unspecified atom stereocenters. The average molecular weight is 538 g/mol. The maximum atomic E-state index is 12.2. The number of ether oxygens (including phenoxy) is 6. The van der Waals surface area contributed by atoms with Gasteiger partial charge in [0.2, 0.25) is 0 Å². The normalized spacial score (nSPS) is 13.7. The molecule has 0 aliphatic rings. The summed E-state index contributed by atoms with van der Waals surface area (Å²) in [5, 5.41) is 0. The number of hydrogen-bond acceptors (Lipinski definition) is 8. The minimum Gasteiger partial charge on any atom is -0.454 e. The molecule has 0 fully saturated rings. The molecule has 0 spiro atoms. The van der Waals surface area contributed by atoms with Crippen LogP contribution in [0.4, 0.5) is 26.3 Å². The summed E-state index contributed by atoms with van der Waals surface area (Å²) in [5.41, 5.74) is 0.119. The number of carbonyl (C=O) groups is 2. The molecule has 0 aliphatic carbocycles. The molecule has 0 aromatic carbocycles. The van der Waals surface area contributed by atoms with E-state index in [4.69, 9.17) is 18.9 Å². The molecule has 0 rings (SSSR count). The van der Waals surface area contributed by atoms with E-state index in [1.54, 1.807) is 0 Å². The molecule has 0 radical (unpaired) electrons. The third kappa shape index (κ3) is 20.1. The van der Waals surface area contributed by atoms with Crippen molar-refractivity contribution in [2.45, 2.75) is 51.2 Å². The van der Waals surface area contributed by atoms with Crippen molar-refractivity contribution >= 4 is 11.9 Å². The summed E-state index contributed by atoms with van der Waals surface area (Å²) in [6.07, 6.45) is -10.3. The number of unbranched alkanes of at least 4 members (excludes halogenated alkanes) is 1. The third-order valence-corrected chi connectivity index (χ3v) is 3.82. The fraction of sp³-hybridized carbons (Fsp3) is 0.727. The van der Waals surface area contributed by atoms with E-state index in [-0.39, 0.29) is 37.6 Å². The average Bonchev–Trinajstić information content (AvgIpc) is 2.72. The highest BCUT2D eigenvalue weighted by Gasteiger charge is 2.29. The van der Waals surface area contributed by atoms with Crippen molar-refractivity contribution < 1.29 is 64.4 Å². The monoisotopic (exact) mass is 538 g/mol. The molecule has 0 saturated heterocycles. The highest BCUT2D eigenvalue weighted by Crippen LogP contribution is 2.16. The first-order valence-electron chi connectivity index (χ1n) is 10.8. The van der Waals surface area contributed by atoms with Crippen molar-refractivity contribution in [3.8, 4) is 0 Å². The highest BCUT2D eigenvalue weighted by molar-refractivity contribution is 5.87. The number of esters is 2. The SMILES string of the molecule is C=C(C)C(=O)OC(COCCCCOCC(COCC(F)(F)F)OC(=O)C(=C)C)COCC(F)(F)F. The van der Waals surface area contributed by atoms with E-state index in [9.17, 15) is 35.9 Å². The molecule has 210 valence electrons. The Bertz CT molecular complexity index is 635. The first-order valence-corrected chi connectivity index (χ1v) is 10.8. The van der Waals surface area contributed by atoms with E-state index in [2.05, 4.69) is 22.6 Å². The van der Waals surface area contributed by atoms with Crippen molar-refractivity contribution in [3.05, 3.63) is 24.3 Å². The number of carbonyl (C=O) groups excluding carboxylic acids is 2. The van der Waals surface area contributed by atoms with Gasteiger partial charge in [0, 0.05) is 24.4 Å². The largest absolute Gasteiger partial charge is 0.454 e. The van der Waals surface area contributed by atoms with Gasteiger partial charge in [-0.15, -0.1) is 0 Å². The van der Waals surface area contributed by atoms with Gasteiger partial charge in [-0.1, -0.05) is 13.2 Å². The Labute approximate surface area is 205 Å². The van der Waals surface area contributed by atoms with Gasteiger partial charge in [-0.2, -0.15) is 26.3 Å². The van der Waals surface area contributed by atoms with E-state index < -0.39 is 62.9 Å². The molecular formula is C22H32F6O8. The van der Waals surface area contributed by atoms with E-state index in [0.717, 1.165) is 0 Å². The van der Waals surface area contributed by atoms with Gasteiger partial charge in [0.15, 0.2) is 0 Å².